The van der Waals surface area contributed by atoms with Crippen molar-refractivity contribution in [3.63, 3.8) is 0 Å². The van der Waals surface area contributed by atoms with E-state index in [1.807, 2.05) is 24.3 Å². The summed E-state index contributed by atoms with van der Waals surface area (Å²) in [6, 6.07) is 7.61. The zero-order valence-electron chi connectivity index (χ0n) is 9.47. The number of fused-ring (bicyclic) bond motifs is 1. The molecule has 5 heteroatoms. The first-order chi connectivity index (χ1) is 8.25. The maximum absolute atomic E-state index is 13.5. The lowest BCUT2D eigenvalue weighted by Gasteiger charge is -2.22. The molecule has 90 valence electrons. The van der Waals surface area contributed by atoms with Crippen molar-refractivity contribution in [1.82, 2.24) is 4.98 Å². The summed E-state index contributed by atoms with van der Waals surface area (Å²) < 4.78 is 24.2. The Morgan fingerprint density at radius 2 is 2.18 bits per heavy atom. The minimum atomic E-state index is -0.991. The Hall–Kier alpha value is -1.62. The molecule has 0 aliphatic carbocycles. The number of oxazole rings is 1. The van der Waals surface area contributed by atoms with Crippen LogP contribution in [0.3, 0.4) is 0 Å². The molecule has 2 aromatic rings. The van der Waals surface area contributed by atoms with E-state index in [1.165, 1.54) is 0 Å². The Balaban J connectivity index is 1.92. The molecule has 1 saturated heterocycles. The molecule has 0 spiro atoms. The predicted molar refractivity (Wildman–Crippen MR) is 61.9 cm³/mol. The number of nitrogens with zero attached hydrogens (tertiary/aromatic N) is 2. The van der Waals surface area contributed by atoms with Crippen LogP contribution in [-0.4, -0.2) is 37.5 Å². The smallest absolute Gasteiger partial charge is 0.298 e. The van der Waals surface area contributed by atoms with Gasteiger partial charge < -0.3 is 14.1 Å². The number of aromatic nitrogens is 1. The van der Waals surface area contributed by atoms with Gasteiger partial charge in [0.1, 0.15) is 11.7 Å². The fourth-order valence-corrected chi connectivity index (χ4v) is 2.02. The Bertz CT molecular complexity index is 495. The third-order valence-electron chi connectivity index (χ3n) is 3.06. The molecule has 1 fully saturated rings. The fourth-order valence-electron chi connectivity index (χ4n) is 2.02. The number of hydrogen-bond acceptors (Lipinski definition) is 4. The molecule has 1 aliphatic rings. The van der Waals surface area contributed by atoms with Crippen molar-refractivity contribution in [3.8, 4) is 0 Å². The van der Waals surface area contributed by atoms with E-state index in [1.54, 1.807) is 11.9 Å². The highest BCUT2D eigenvalue weighted by molar-refractivity contribution is 5.74. The van der Waals surface area contributed by atoms with Gasteiger partial charge >= 0.3 is 0 Å². The van der Waals surface area contributed by atoms with E-state index in [0.29, 0.717) is 18.2 Å². The van der Waals surface area contributed by atoms with Gasteiger partial charge in [0.05, 0.1) is 19.3 Å². The lowest BCUT2D eigenvalue weighted by atomic mass is 10.2. The molecule has 17 heavy (non-hydrogen) atoms. The zero-order valence-corrected chi connectivity index (χ0v) is 9.47. The van der Waals surface area contributed by atoms with Gasteiger partial charge in [0.25, 0.3) is 6.01 Å². The summed E-state index contributed by atoms with van der Waals surface area (Å²) in [5.74, 6) is 0. The van der Waals surface area contributed by atoms with Gasteiger partial charge in [-0.3, -0.25) is 0 Å². The number of hydrogen-bond donors (Lipinski definition) is 0. The Kier molecular flexibility index (Phi) is 2.48. The van der Waals surface area contributed by atoms with E-state index in [9.17, 15) is 4.39 Å². The minimum absolute atomic E-state index is 0.148. The van der Waals surface area contributed by atoms with Crippen LogP contribution in [-0.2, 0) is 4.74 Å². The third kappa shape index (κ3) is 1.76. The number of anilines is 1. The van der Waals surface area contributed by atoms with Crippen molar-refractivity contribution in [2.75, 3.05) is 25.2 Å². The molecule has 4 nitrogen and oxygen atoms in total. The molecular weight excluding hydrogens is 223 g/mol. The quantitative estimate of drug-likeness (QED) is 0.799. The maximum Gasteiger partial charge on any atom is 0.298 e. The molecule has 2 atom stereocenters. The van der Waals surface area contributed by atoms with Crippen LogP contribution in [0.1, 0.15) is 0 Å². The second-order valence-electron chi connectivity index (χ2n) is 4.20. The SMILES string of the molecule is CN(c1nc2ccccc2o1)C1COCC1F. The van der Waals surface area contributed by atoms with Crippen molar-refractivity contribution in [2.45, 2.75) is 12.2 Å². The van der Waals surface area contributed by atoms with Gasteiger partial charge in [-0.2, -0.15) is 4.98 Å². The van der Waals surface area contributed by atoms with Crippen molar-refractivity contribution < 1.29 is 13.5 Å². The number of alkyl halides is 1. The van der Waals surface area contributed by atoms with Gasteiger partial charge in [0.15, 0.2) is 5.58 Å². The van der Waals surface area contributed by atoms with Crippen LogP contribution in [0.5, 0.6) is 0 Å². The summed E-state index contributed by atoms with van der Waals surface area (Å²) in [6.45, 7) is 0.519. The van der Waals surface area contributed by atoms with Crippen molar-refractivity contribution in [1.29, 1.82) is 0 Å². The molecule has 1 aliphatic heterocycles. The Morgan fingerprint density at radius 1 is 1.35 bits per heavy atom. The van der Waals surface area contributed by atoms with Crippen LogP contribution in [0.2, 0.25) is 0 Å². The predicted octanol–water partition coefficient (Wildman–Crippen LogP) is 2.00. The third-order valence-corrected chi connectivity index (χ3v) is 3.06. The second-order valence-corrected chi connectivity index (χ2v) is 4.20. The van der Waals surface area contributed by atoms with E-state index >= 15 is 0 Å². The van der Waals surface area contributed by atoms with Crippen LogP contribution in [0.4, 0.5) is 10.4 Å². The first-order valence-corrected chi connectivity index (χ1v) is 5.56. The Morgan fingerprint density at radius 3 is 2.88 bits per heavy atom. The van der Waals surface area contributed by atoms with Crippen molar-refractivity contribution in [2.24, 2.45) is 0 Å². The number of rotatable bonds is 2. The molecule has 1 aromatic heterocycles. The summed E-state index contributed by atoms with van der Waals surface area (Å²) in [7, 11) is 1.77. The summed E-state index contributed by atoms with van der Waals surface area (Å²) >= 11 is 0. The average molecular weight is 236 g/mol. The molecule has 0 saturated carbocycles. The fraction of sp³-hybridized carbons (Fsp3) is 0.417. The number of halogens is 1. The van der Waals surface area contributed by atoms with Gasteiger partial charge in [-0.15, -0.1) is 0 Å². The average Bonchev–Trinajstić information content (AvgIpc) is 2.93. The summed E-state index contributed by atoms with van der Waals surface area (Å²) in [5, 5.41) is 0. The molecule has 0 radical (unpaired) electrons. The molecule has 2 unspecified atom stereocenters. The molecule has 2 heterocycles. The lowest BCUT2D eigenvalue weighted by Crippen LogP contribution is -2.38. The molecule has 1 aromatic carbocycles. The number of para-hydroxylation sites is 2. The van der Waals surface area contributed by atoms with Crippen LogP contribution in [0.15, 0.2) is 28.7 Å². The second kappa shape index (κ2) is 4.00. The van der Waals surface area contributed by atoms with Gasteiger partial charge in [0, 0.05) is 7.05 Å². The van der Waals surface area contributed by atoms with E-state index in [2.05, 4.69) is 4.98 Å². The first kappa shape index (κ1) is 10.5. The van der Waals surface area contributed by atoms with Crippen LogP contribution >= 0.6 is 0 Å². The highest BCUT2D eigenvalue weighted by Gasteiger charge is 2.33. The van der Waals surface area contributed by atoms with Gasteiger partial charge in [-0.1, -0.05) is 12.1 Å². The van der Waals surface area contributed by atoms with Crippen LogP contribution < -0.4 is 4.90 Å². The number of ether oxygens (including phenoxy) is 1. The minimum Gasteiger partial charge on any atom is -0.423 e. The number of benzene rings is 1. The van der Waals surface area contributed by atoms with E-state index in [-0.39, 0.29) is 12.6 Å². The van der Waals surface area contributed by atoms with Gasteiger partial charge in [0.2, 0.25) is 0 Å². The van der Waals surface area contributed by atoms with E-state index < -0.39 is 6.17 Å². The number of likely N-dealkylation sites (N-methyl/N-ethyl adjacent to an activating group) is 1. The topological polar surface area (TPSA) is 38.5 Å². The zero-order chi connectivity index (χ0) is 11.8. The largest absolute Gasteiger partial charge is 0.423 e. The standard InChI is InChI=1S/C12H13FN2O2/c1-15(10-7-16-6-8(10)13)12-14-9-4-2-3-5-11(9)17-12/h2-5,8,10H,6-7H2,1H3. The normalized spacial score (nSPS) is 24.4. The van der Waals surface area contributed by atoms with E-state index in [4.69, 9.17) is 9.15 Å². The van der Waals surface area contributed by atoms with Gasteiger partial charge in [-0.05, 0) is 12.1 Å². The van der Waals surface area contributed by atoms with Crippen LogP contribution in [0, 0.1) is 0 Å². The van der Waals surface area contributed by atoms with Crippen LogP contribution in [0.25, 0.3) is 11.1 Å². The summed E-state index contributed by atoms with van der Waals surface area (Å²) in [4.78, 5) is 6.03. The maximum atomic E-state index is 13.5. The van der Waals surface area contributed by atoms with Crippen molar-refractivity contribution >= 4 is 17.1 Å². The molecule has 3 rings (SSSR count). The first-order valence-electron chi connectivity index (χ1n) is 5.56. The molecule has 0 N–H and O–H groups in total. The van der Waals surface area contributed by atoms with Gasteiger partial charge in [-0.25, -0.2) is 4.39 Å². The monoisotopic (exact) mass is 236 g/mol. The Labute approximate surface area is 98.0 Å². The van der Waals surface area contributed by atoms with E-state index in [0.717, 1.165) is 5.52 Å². The highest BCUT2D eigenvalue weighted by atomic mass is 19.1. The summed E-state index contributed by atoms with van der Waals surface area (Å²) in [5.41, 5.74) is 1.49. The van der Waals surface area contributed by atoms with Crippen molar-refractivity contribution in [3.05, 3.63) is 24.3 Å². The summed E-state index contributed by atoms with van der Waals surface area (Å²) in [6.07, 6.45) is -0.991. The lowest BCUT2D eigenvalue weighted by molar-refractivity contribution is 0.173. The molecule has 0 amide bonds. The highest BCUT2D eigenvalue weighted by Crippen LogP contribution is 2.25. The molecule has 0 bridgehead atoms. The molecular formula is C12H13FN2O2.